The third-order valence-corrected chi connectivity index (χ3v) is 6.27. The number of benzene rings is 3. The largest absolute Gasteiger partial charge is 0.308 e. The number of aryl methyl sites for hydroxylation is 1. The van der Waals surface area contributed by atoms with Gasteiger partial charge in [-0.05, 0) is 59.4 Å². The first kappa shape index (κ1) is 18.0. The predicted octanol–water partition coefficient (Wildman–Crippen LogP) is 7.17. The minimum absolute atomic E-state index is 0.120. The molecule has 5 aromatic rings. The standard InChI is InChI=1S/C28H27N/c1-7-9-19-12-14-21-22-16-20(28(4,5)6)13-15-23(22)29-24-11-8-10-17(2)25(24)18(3)26(19)27(21)29/h7-16H,3H2,1-2,4-6H3/b9-7-. The Kier molecular flexibility index (Phi) is 3.70. The lowest BCUT2D eigenvalue weighted by molar-refractivity contribution is 0.591. The van der Waals surface area contributed by atoms with Gasteiger partial charge in [-0.2, -0.15) is 0 Å². The van der Waals surface area contributed by atoms with Crippen LogP contribution in [0.5, 0.6) is 0 Å². The third kappa shape index (κ3) is 2.40. The van der Waals surface area contributed by atoms with E-state index in [1.54, 1.807) is 0 Å². The maximum Gasteiger partial charge on any atom is 0.0625 e. The van der Waals surface area contributed by atoms with E-state index in [-0.39, 0.29) is 5.41 Å². The molecule has 0 N–H and O–H groups in total. The van der Waals surface area contributed by atoms with Crippen molar-refractivity contribution in [1.82, 2.24) is 4.40 Å². The van der Waals surface area contributed by atoms with Crippen molar-refractivity contribution in [2.45, 2.75) is 40.0 Å². The molecule has 0 amide bonds. The summed E-state index contributed by atoms with van der Waals surface area (Å²) in [4.78, 5) is 0. The Hall–Kier alpha value is -3.06. The number of nitrogens with zero attached hydrogens (tertiary/aromatic N) is 1. The highest BCUT2D eigenvalue weighted by Gasteiger charge is 2.20. The average molecular weight is 378 g/mol. The number of allylic oxidation sites excluding steroid dienone is 1. The zero-order chi connectivity index (χ0) is 20.5. The molecule has 5 rings (SSSR count). The van der Waals surface area contributed by atoms with Crippen LogP contribution in [0.2, 0.25) is 0 Å². The smallest absolute Gasteiger partial charge is 0.0625 e. The van der Waals surface area contributed by atoms with E-state index in [0.29, 0.717) is 0 Å². The summed E-state index contributed by atoms with van der Waals surface area (Å²) in [6.07, 6.45) is 4.31. The van der Waals surface area contributed by atoms with Crippen LogP contribution in [0.25, 0.3) is 50.7 Å². The van der Waals surface area contributed by atoms with Crippen LogP contribution in [-0.2, 0) is 5.41 Å². The number of pyridine rings is 1. The molecular formula is C28H27N. The van der Waals surface area contributed by atoms with E-state index < -0.39 is 0 Å². The number of rotatable bonds is 1. The summed E-state index contributed by atoms with van der Waals surface area (Å²) in [5.74, 6) is 0. The fraction of sp³-hybridized carbons (Fsp3) is 0.214. The van der Waals surface area contributed by atoms with Gasteiger partial charge in [0.1, 0.15) is 0 Å². The molecule has 0 radical (unpaired) electrons. The highest BCUT2D eigenvalue weighted by molar-refractivity contribution is 6.19. The van der Waals surface area contributed by atoms with Gasteiger partial charge in [0.15, 0.2) is 0 Å². The van der Waals surface area contributed by atoms with Crippen molar-refractivity contribution in [3.05, 3.63) is 76.5 Å². The van der Waals surface area contributed by atoms with Crippen LogP contribution < -0.4 is 5.22 Å². The molecule has 1 nitrogen and oxygen atoms in total. The van der Waals surface area contributed by atoms with E-state index in [9.17, 15) is 0 Å². The summed E-state index contributed by atoms with van der Waals surface area (Å²) in [6, 6.07) is 18.1. The van der Waals surface area contributed by atoms with Crippen LogP contribution in [0.1, 0.15) is 44.4 Å². The first-order valence-corrected chi connectivity index (χ1v) is 10.4. The molecule has 0 atom stereocenters. The Bertz CT molecular complexity index is 1500. The maximum absolute atomic E-state index is 4.56. The molecule has 29 heavy (non-hydrogen) atoms. The lowest BCUT2D eigenvalue weighted by Gasteiger charge is -2.19. The molecule has 0 aliphatic heterocycles. The second-order valence-corrected chi connectivity index (χ2v) is 9.19. The van der Waals surface area contributed by atoms with Gasteiger partial charge in [0.2, 0.25) is 0 Å². The minimum atomic E-state index is 0.120. The molecule has 0 unspecified atom stereocenters. The molecule has 2 heterocycles. The maximum atomic E-state index is 4.56. The zero-order valence-corrected chi connectivity index (χ0v) is 17.9. The van der Waals surface area contributed by atoms with Crippen molar-refractivity contribution >= 4 is 50.7 Å². The Labute approximate surface area is 171 Å². The van der Waals surface area contributed by atoms with Gasteiger partial charge < -0.3 is 4.40 Å². The van der Waals surface area contributed by atoms with Crippen LogP contribution in [-0.4, -0.2) is 4.40 Å². The molecular weight excluding hydrogens is 350 g/mol. The van der Waals surface area contributed by atoms with E-state index in [4.69, 9.17) is 0 Å². The first-order chi connectivity index (χ1) is 13.8. The summed E-state index contributed by atoms with van der Waals surface area (Å²) in [5.41, 5.74) is 7.79. The molecule has 0 aliphatic rings. The molecule has 0 saturated carbocycles. The first-order valence-electron chi connectivity index (χ1n) is 10.4. The van der Waals surface area contributed by atoms with Gasteiger partial charge in [0.25, 0.3) is 0 Å². The average Bonchev–Trinajstić information content (AvgIpc) is 3.00. The van der Waals surface area contributed by atoms with Crippen LogP contribution in [0.4, 0.5) is 0 Å². The van der Waals surface area contributed by atoms with Crippen LogP contribution in [0.3, 0.4) is 0 Å². The van der Waals surface area contributed by atoms with Gasteiger partial charge in [0.05, 0.1) is 16.6 Å². The number of hydrogen-bond acceptors (Lipinski definition) is 0. The van der Waals surface area contributed by atoms with Crippen molar-refractivity contribution in [3.8, 4) is 0 Å². The lowest BCUT2D eigenvalue weighted by Crippen LogP contribution is -2.10. The summed E-state index contributed by atoms with van der Waals surface area (Å²) in [7, 11) is 0. The Morgan fingerprint density at radius 2 is 1.69 bits per heavy atom. The molecule has 0 saturated heterocycles. The van der Waals surface area contributed by atoms with Crippen molar-refractivity contribution in [1.29, 1.82) is 0 Å². The summed E-state index contributed by atoms with van der Waals surface area (Å²) < 4.78 is 2.45. The number of hydrogen-bond donors (Lipinski definition) is 0. The van der Waals surface area contributed by atoms with Crippen LogP contribution in [0.15, 0.2) is 54.6 Å². The fourth-order valence-corrected chi connectivity index (χ4v) is 4.83. The number of aromatic nitrogens is 1. The highest BCUT2D eigenvalue weighted by Crippen LogP contribution is 2.37. The van der Waals surface area contributed by atoms with Gasteiger partial charge in [-0.15, -0.1) is 0 Å². The second-order valence-electron chi connectivity index (χ2n) is 9.19. The monoisotopic (exact) mass is 377 g/mol. The summed E-state index contributed by atoms with van der Waals surface area (Å²) >= 11 is 0. The molecule has 1 heteroatoms. The summed E-state index contributed by atoms with van der Waals surface area (Å²) in [5, 5.41) is 6.28. The van der Waals surface area contributed by atoms with Crippen molar-refractivity contribution in [3.63, 3.8) is 0 Å². The van der Waals surface area contributed by atoms with Crippen molar-refractivity contribution < 1.29 is 0 Å². The predicted molar refractivity (Wildman–Crippen MR) is 129 cm³/mol. The molecule has 0 spiro atoms. The zero-order valence-electron chi connectivity index (χ0n) is 17.9. The minimum Gasteiger partial charge on any atom is -0.308 e. The van der Waals surface area contributed by atoms with E-state index >= 15 is 0 Å². The molecule has 2 aromatic heterocycles. The normalized spacial score (nSPS) is 13.0. The van der Waals surface area contributed by atoms with Gasteiger partial charge in [-0.3, -0.25) is 0 Å². The molecule has 144 valence electrons. The van der Waals surface area contributed by atoms with Gasteiger partial charge in [-0.25, -0.2) is 0 Å². The molecule has 3 aromatic carbocycles. The van der Waals surface area contributed by atoms with Crippen molar-refractivity contribution in [2.75, 3.05) is 0 Å². The van der Waals surface area contributed by atoms with Gasteiger partial charge >= 0.3 is 0 Å². The van der Waals surface area contributed by atoms with Gasteiger partial charge in [0, 0.05) is 21.5 Å². The van der Waals surface area contributed by atoms with Crippen molar-refractivity contribution in [2.24, 2.45) is 0 Å². The Balaban J connectivity index is 2.15. The Morgan fingerprint density at radius 1 is 0.897 bits per heavy atom. The lowest BCUT2D eigenvalue weighted by atomic mass is 9.86. The van der Waals surface area contributed by atoms with Crippen LogP contribution >= 0.6 is 0 Å². The SMILES string of the molecule is C=c1c2c(C)cccc2n2c3ccc(C(C)(C)C)cc3c3ccc(/C=C\C)c1c32. The van der Waals surface area contributed by atoms with E-state index in [1.807, 2.05) is 0 Å². The Morgan fingerprint density at radius 3 is 2.41 bits per heavy atom. The highest BCUT2D eigenvalue weighted by atomic mass is 14.9. The second kappa shape index (κ2) is 5.97. The number of fused-ring (bicyclic) bond motifs is 5. The topological polar surface area (TPSA) is 4.41 Å². The van der Waals surface area contributed by atoms with Crippen LogP contribution in [0, 0.1) is 6.92 Å². The molecule has 0 bridgehead atoms. The fourth-order valence-electron chi connectivity index (χ4n) is 4.83. The molecule has 0 aliphatic carbocycles. The van der Waals surface area contributed by atoms with E-state index in [2.05, 4.69) is 106 Å². The molecule has 0 fully saturated rings. The van der Waals surface area contributed by atoms with Gasteiger partial charge in [-0.1, -0.05) is 69.8 Å². The van der Waals surface area contributed by atoms with E-state index in [0.717, 1.165) is 5.22 Å². The summed E-state index contributed by atoms with van der Waals surface area (Å²) in [6.45, 7) is 15.7. The quantitative estimate of drug-likeness (QED) is 0.273. The van der Waals surface area contributed by atoms with E-state index in [1.165, 1.54) is 54.8 Å². The third-order valence-electron chi connectivity index (χ3n) is 6.27.